The number of rotatable bonds is 2. The molecule has 1 nitrogen and oxygen atoms in total. The molecule has 94 valence electrons. The van der Waals surface area contributed by atoms with Gasteiger partial charge in [0.2, 0.25) is 0 Å². The average Bonchev–Trinajstić information content (AvgIpc) is 2.56. The second-order valence-corrected chi connectivity index (χ2v) is 6.47. The molecule has 0 saturated carbocycles. The van der Waals surface area contributed by atoms with Gasteiger partial charge in [0.1, 0.15) is 0 Å². The third-order valence-corrected chi connectivity index (χ3v) is 5.12. The second kappa shape index (κ2) is 4.69. The zero-order valence-electron chi connectivity index (χ0n) is 10.5. The van der Waals surface area contributed by atoms with Crippen LogP contribution in [0.2, 0.25) is 5.02 Å². The van der Waals surface area contributed by atoms with E-state index in [0.717, 1.165) is 31.1 Å². The fraction of sp³-hybridized carbons (Fsp3) is 0.333. The van der Waals surface area contributed by atoms with Crippen molar-refractivity contribution in [2.75, 3.05) is 13.1 Å². The van der Waals surface area contributed by atoms with Crippen LogP contribution in [0.4, 0.5) is 0 Å². The Morgan fingerprint density at radius 3 is 3.06 bits per heavy atom. The maximum atomic E-state index is 6.38. The summed E-state index contributed by atoms with van der Waals surface area (Å²) >= 11 is 8.27. The molecule has 0 saturated heterocycles. The van der Waals surface area contributed by atoms with Gasteiger partial charge in [-0.15, -0.1) is 17.9 Å². The first kappa shape index (κ1) is 12.2. The first-order chi connectivity index (χ1) is 8.70. The second-order valence-electron chi connectivity index (χ2n) is 4.81. The molecule has 0 spiro atoms. The number of halogens is 1. The van der Waals surface area contributed by atoms with Crippen LogP contribution in [0.5, 0.6) is 0 Å². The van der Waals surface area contributed by atoms with Crippen LogP contribution in [0.3, 0.4) is 0 Å². The van der Waals surface area contributed by atoms with Crippen LogP contribution >= 0.6 is 22.9 Å². The van der Waals surface area contributed by atoms with Crippen molar-refractivity contribution >= 4 is 33.0 Å². The molecule has 2 heterocycles. The summed E-state index contributed by atoms with van der Waals surface area (Å²) in [6, 6.07) is 4.20. The highest BCUT2D eigenvalue weighted by Crippen LogP contribution is 2.38. The molecule has 0 aliphatic carbocycles. The highest BCUT2D eigenvalue weighted by Gasteiger charge is 2.21. The molecular formula is C15H16ClNS. The SMILES string of the molecule is C=CCN1CCc2c(Cl)ccc3sc(C)c(c23)C1. The van der Waals surface area contributed by atoms with E-state index in [9.17, 15) is 0 Å². The van der Waals surface area contributed by atoms with E-state index in [-0.39, 0.29) is 0 Å². The molecule has 2 aromatic rings. The van der Waals surface area contributed by atoms with Crippen molar-refractivity contribution in [2.24, 2.45) is 0 Å². The van der Waals surface area contributed by atoms with Gasteiger partial charge < -0.3 is 0 Å². The Balaban J connectivity index is 2.19. The first-order valence-corrected chi connectivity index (χ1v) is 7.42. The molecule has 3 heteroatoms. The van der Waals surface area contributed by atoms with Crippen molar-refractivity contribution in [2.45, 2.75) is 19.9 Å². The lowest BCUT2D eigenvalue weighted by Crippen LogP contribution is -2.24. The molecule has 0 N–H and O–H groups in total. The monoisotopic (exact) mass is 277 g/mol. The van der Waals surface area contributed by atoms with Crippen LogP contribution in [-0.2, 0) is 13.0 Å². The molecule has 0 radical (unpaired) electrons. The smallest absolute Gasteiger partial charge is 0.0445 e. The van der Waals surface area contributed by atoms with Crippen molar-refractivity contribution in [3.05, 3.63) is 45.8 Å². The molecule has 0 unspecified atom stereocenters. The minimum absolute atomic E-state index is 0.919. The van der Waals surface area contributed by atoms with Crippen LogP contribution in [-0.4, -0.2) is 18.0 Å². The third-order valence-electron chi connectivity index (χ3n) is 3.65. The van der Waals surface area contributed by atoms with Gasteiger partial charge in [-0.1, -0.05) is 17.7 Å². The zero-order chi connectivity index (χ0) is 12.7. The maximum Gasteiger partial charge on any atom is 0.0445 e. The zero-order valence-corrected chi connectivity index (χ0v) is 12.1. The van der Waals surface area contributed by atoms with Crippen molar-refractivity contribution in [3.63, 3.8) is 0 Å². The van der Waals surface area contributed by atoms with Gasteiger partial charge in [-0.2, -0.15) is 0 Å². The van der Waals surface area contributed by atoms with Gasteiger partial charge in [0.25, 0.3) is 0 Å². The van der Waals surface area contributed by atoms with E-state index in [1.807, 2.05) is 23.5 Å². The summed E-state index contributed by atoms with van der Waals surface area (Å²) < 4.78 is 1.38. The number of nitrogens with zero attached hydrogens (tertiary/aromatic N) is 1. The van der Waals surface area contributed by atoms with E-state index >= 15 is 0 Å². The Morgan fingerprint density at radius 2 is 2.28 bits per heavy atom. The fourth-order valence-corrected chi connectivity index (χ4v) is 4.12. The molecule has 0 atom stereocenters. The standard InChI is InChI=1S/C15H16ClNS/c1-3-7-17-8-6-11-13(16)4-5-14-15(11)12(9-17)10(2)18-14/h3-5H,1,6-9H2,2H3. The van der Waals surface area contributed by atoms with Crippen LogP contribution < -0.4 is 0 Å². The van der Waals surface area contributed by atoms with Crippen LogP contribution in [0, 0.1) is 6.92 Å². The summed E-state index contributed by atoms with van der Waals surface area (Å²) in [5, 5.41) is 2.33. The summed E-state index contributed by atoms with van der Waals surface area (Å²) in [7, 11) is 0. The Kier molecular flexibility index (Phi) is 3.18. The lowest BCUT2D eigenvalue weighted by Gasteiger charge is -2.18. The van der Waals surface area contributed by atoms with Crippen molar-refractivity contribution < 1.29 is 0 Å². The minimum atomic E-state index is 0.919. The van der Waals surface area contributed by atoms with Crippen molar-refractivity contribution in [1.29, 1.82) is 0 Å². The lowest BCUT2D eigenvalue weighted by atomic mass is 10.0. The number of benzene rings is 1. The highest BCUT2D eigenvalue weighted by molar-refractivity contribution is 7.19. The number of thiophene rings is 1. The lowest BCUT2D eigenvalue weighted by molar-refractivity contribution is 0.303. The van der Waals surface area contributed by atoms with Gasteiger partial charge in [0.05, 0.1) is 0 Å². The predicted octanol–water partition coefficient (Wildman–Crippen LogP) is 4.41. The predicted molar refractivity (Wildman–Crippen MR) is 80.8 cm³/mol. The maximum absolute atomic E-state index is 6.38. The Labute approximate surface area is 117 Å². The normalized spacial score (nSPS) is 15.9. The van der Waals surface area contributed by atoms with Crippen LogP contribution in [0.1, 0.15) is 16.0 Å². The molecule has 1 aliphatic heterocycles. The summed E-state index contributed by atoms with van der Waals surface area (Å²) in [4.78, 5) is 3.86. The number of hydrogen-bond acceptors (Lipinski definition) is 2. The van der Waals surface area contributed by atoms with Gasteiger partial charge in [-0.3, -0.25) is 4.90 Å². The average molecular weight is 278 g/mol. The van der Waals surface area contributed by atoms with Gasteiger partial charge >= 0.3 is 0 Å². The number of aryl methyl sites for hydroxylation is 1. The van der Waals surface area contributed by atoms with E-state index in [4.69, 9.17) is 11.6 Å². The molecule has 1 aliphatic rings. The summed E-state index contributed by atoms with van der Waals surface area (Å²) in [6.07, 6.45) is 3.02. The Hall–Kier alpha value is -0.830. The van der Waals surface area contributed by atoms with Crippen LogP contribution in [0.15, 0.2) is 24.8 Å². The van der Waals surface area contributed by atoms with E-state index in [1.165, 1.54) is 26.1 Å². The highest BCUT2D eigenvalue weighted by atomic mass is 35.5. The molecule has 18 heavy (non-hydrogen) atoms. The summed E-state index contributed by atoms with van der Waals surface area (Å²) in [5.41, 5.74) is 2.80. The van der Waals surface area contributed by atoms with E-state index < -0.39 is 0 Å². The van der Waals surface area contributed by atoms with Crippen LogP contribution in [0.25, 0.3) is 10.1 Å². The van der Waals surface area contributed by atoms with Crippen molar-refractivity contribution in [3.8, 4) is 0 Å². The summed E-state index contributed by atoms with van der Waals surface area (Å²) in [5.74, 6) is 0. The first-order valence-electron chi connectivity index (χ1n) is 6.23. The summed E-state index contributed by atoms with van der Waals surface area (Å²) in [6.45, 7) is 9.09. The molecule has 1 aromatic carbocycles. The Morgan fingerprint density at radius 1 is 1.44 bits per heavy atom. The molecule has 0 amide bonds. The Bertz CT molecular complexity index is 614. The largest absolute Gasteiger partial charge is 0.295 e. The topological polar surface area (TPSA) is 3.24 Å². The molecule has 3 rings (SSSR count). The third kappa shape index (κ3) is 1.89. The van der Waals surface area contributed by atoms with Gasteiger partial charge in [0, 0.05) is 39.6 Å². The van der Waals surface area contributed by atoms with E-state index in [1.54, 1.807) is 0 Å². The van der Waals surface area contributed by atoms with Gasteiger partial charge in [-0.25, -0.2) is 0 Å². The molecule has 1 aromatic heterocycles. The van der Waals surface area contributed by atoms with E-state index in [0.29, 0.717) is 0 Å². The quantitative estimate of drug-likeness (QED) is 0.735. The van der Waals surface area contributed by atoms with Crippen molar-refractivity contribution in [1.82, 2.24) is 4.90 Å². The fourth-order valence-electron chi connectivity index (χ4n) is 2.77. The molecular weight excluding hydrogens is 262 g/mol. The van der Waals surface area contributed by atoms with Gasteiger partial charge in [0.15, 0.2) is 0 Å². The molecule has 0 fully saturated rings. The van der Waals surface area contributed by atoms with E-state index in [2.05, 4.69) is 24.5 Å². The number of hydrogen-bond donors (Lipinski definition) is 0. The van der Waals surface area contributed by atoms with Gasteiger partial charge in [-0.05, 0) is 36.6 Å². The molecule has 0 bridgehead atoms. The minimum Gasteiger partial charge on any atom is -0.295 e.